The van der Waals surface area contributed by atoms with E-state index in [-0.39, 0.29) is 5.97 Å². The fraction of sp³-hybridized carbons (Fsp3) is 0.241. The van der Waals surface area contributed by atoms with E-state index in [4.69, 9.17) is 14.7 Å². The van der Waals surface area contributed by atoms with Crippen molar-refractivity contribution in [1.29, 1.82) is 5.26 Å². The highest BCUT2D eigenvalue weighted by atomic mass is 16.5. The number of nitriles is 1. The van der Waals surface area contributed by atoms with Crippen molar-refractivity contribution >= 4 is 5.97 Å². The molecule has 0 aliphatic heterocycles. The van der Waals surface area contributed by atoms with Crippen LogP contribution in [0.15, 0.2) is 84.9 Å². The molecular formula is C29H29NO3. The summed E-state index contributed by atoms with van der Waals surface area (Å²) in [7, 11) is 0. The van der Waals surface area contributed by atoms with Crippen LogP contribution >= 0.6 is 0 Å². The second-order valence-corrected chi connectivity index (χ2v) is 7.97. The largest absolute Gasteiger partial charge is 0.494 e. The van der Waals surface area contributed by atoms with Gasteiger partial charge in [-0.3, -0.25) is 0 Å². The maximum atomic E-state index is 11.3. The van der Waals surface area contributed by atoms with E-state index in [1.165, 1.54) is 0 Å². The van der Waals surface area contributed by atoms with Crippen LogP contribution < -0.4 is 4.74 Å². The fourth-order valence-electron chi connectivity index (χ4n) is 3.37. The molecule has 0 atom stereocenters. The Morgan fingerprint density at radius 3 is 1.70 bits per heavy atom. The maximum Gasteiger partial charge on any atom is 0.333 e. The van der Waals surface area contributed by atoms with E-state index < -0.39 is 0 Å². The van der Waals surface area contributed by atoms with Gasteiger partial charge in [-0.05, 0) is 79.1 Å². The Morgan fingerprint density at radius 2 is 1.21 bits per heavy atom. The highest BCUT2D eigenvalue weighted by Gasteiger charge is 2.03. The van der Waals surface area contributed by atoms with Crippen molar-refractivity contribution in [2.75, 3.05) is 13.2 Å². The predicted octanol–water partition coefficient (Wildman–Crippen LogP) is 6.95. The molecule has 3 rings (SSSR count). The molecule has 168 valence electrons. The van der Waals surface area contributed by atoms with E-state index in [0.29, 0.717) is 24.4 Å². The molecule has 33 heavy (non-hydrogen) atoms. The third-order valence-corrected chi connectivity index (χ3v) is 5.31. The Kier molecular flexibility index (Phi) is 8.85. The smallest absolute Gasteiger partial charge is 0.333 e. The molecule has 0 bridgehead atoms. The average Bonchev–Trinajstić information content (AvgIpc) is 2.86. The molecule has 0 aliphatic rings. The van der Waals surface area contributed by atoms with Crippen LogP contribution in [0.2, 0.25) is 0 Å². The summed E-state index contributed by atoms with van der Waals surface area (Å²) < 4.78 is 10.9. The van der Waals surface area contributed by atoms with Crippen LogP contribution in [0.3, 0.4) is 0 Å². The first-order valence-corrected chi connectivity index (χ1v) is 11.2. The van der Waals surface area contributed by atoms with Crippen LogP contribution in [0.25, 0.3) is 22.3 Å². The highest BCUT2D eigenvalue weighted by Crippen LogP contribution is 2.26. The van der Waals surface area contributed by atoms with Gasteiger partial charge in [0.15, 0.2) is 0 Å². The first-order chi connectivity index (χ1) is 16.1. The molecule has 0 heterocycles. The molecule has 0 N–H and O–H groups in total. The van der Waals surface area contributed by atoms with E-state index in [2.05, 4.69) is 49.0 Å². The Labute approximate surface area is 196 Å². The van der Waals surface area contributed by atoms with Crippen molar-refractivity contribution in [3.63, 3.8) is 0 Å². The number of unbranched alkanes of at least 4 members (excludes halogenated alkanes) is 3. The van der Waals surface area contributed by atoms with Crippen LogP contribution in [0.1, 0.15) is 38.2 Å². The minimum absolute atomic E-state index is 0.316. The summed E-state index contributed by atoms with van der Waals surface area (Å²) in [6.07, 6.45) is 3.86. The van der Waals surface area contributed by atoms with Gasteiger partial charge in [-0.2, -0.15) is 5.26 Å². The van der Waals surface area contributed by atoms with E-state index in [0.717, 1.165) is 53.7 Å². The molecule has 4 nitrogen and oxygen atoms in total. The molecule has 0 spiro atoms. The molecule has 3 aromatic rings. The minimum atomic E-state index is -0.316. The number of esters is 1. The lowest BCUT2D eigenvalue weighted by Gasteiger charge is -2.09. The Hall–Kier alpha value is -3.84. The van der Waals surface area contributed by atoms with Gasteiger partial charge in [0.25, 0.3) is 0 Å². The van der Waals surface area contributed by atoms with Crippen LogP contribution in [0.5, 0.6) is 5.75 Å². The lowest BCUT2D eigenvalue weighted by molar-refractivity contribution is -0.139. The Balaban J connectivity index is 1.40. The van der Waals surface area contributed by atoms with Gasteiger partial charge in [-0.1, -0.05) is 55.1 Å². The number of nitrogens with zero attached hydrogens (tertiary/aromatic N) is 1. The minimum Gasteiger partial charge on any atom is -0.494 e. The Bertz CT molecular complexity index is 1090. The number of carbonyl (C=O) groups excluding carboxylic acids is 1. The lowest BCUT2D eigenvalue weighted by Crippen LogP contribution is -2.06. The van der Waals surface area contributed by atoms with Crippen molar-refractivity contribution in [2.24, 2.45) is 0 Å². The molecule has 0 aliphatic carbocycles. The number of hydrogen-bond acceptors (Lipinski definition) is 4. The second-order valence-electron chi connectivity index (χ2n) is 7.97. The van der Waals surface area contributed by atoms with Crippen LogP contribution in [0.4, 0.5) is 0 Å². The number of carbonyl (C=O) groups is 1. The topological polar surface area (TPSA) is 59.3 Å². The number of ether oxygens (including phenoxy) is 2. The van der Waals surface area contributed by atoms with Crippen molar-refractivity contribution in [3.05, 3.63) is 90.5 Å². The van der Waals surface area contributed by atoms with Gasteiger partial charge >= 0.3 is 5.97 Å². The molecular weight excluding hydrogens is 410 g/mol. The standard InChI is InChI=1S/C29H29NO3/c1-22(2)29(31)33-20-6-4-3-5-19-32-28-17-15-27(16-18-28)26-13-11-25(12-14-26)24-9-7-23(21-30)8-10-24/h7-18H,1,3-6,19-20H2,2H3. The predicted molar refractivity (Wildman–Crippen MR) is 132 cm³/mol. The van der Waals surface area contributed by atoms with Gasteiger partial charge in [0.2, 0.25) is 0 Å². The zero-order chi connectivity index (χ0) is 23.5. The van der Waals surface area contributed by atoms with Gasteiger partial charge in [-0.15, -0.1) is 0 Å². The number of benzene rings is 3. The molecule has 0 fully saturated rings. The molecule has 0 saturated carbocycles. The van der Waals surface area contributed by atoms with Crippen LogP contribution in [-0.2, 0) is 9.53 Å². The van der Waals surface area contributed by atoms with Crippen LogP contribution in [-0.4, -0.2) is 19.2 Å². The molecule has 0 amide bonds. The summed E-state index contributed by atoms with van der Waals surface area (Å²) in [5.41, 5.74) is 5.60. The third kappa shape index (κ3) is 7.36. The summed E-state index contributed by atoms with van der Waals surface area (Å²) in [5, 5.41) is 8.94. The lowest BCUT2D eigenvalue weighted by atomic mass is 10.00. The van der Waals surface area contributed by atoms with Crippen molar-refractivity contribution in [2.45, 2.75) is 32.6 Å². The van der Waals surface area contributed by atoms with E-state index in [9.17, 15) is 4.79 Å². The van der Waals surface area contributed by atoms with Gasteiger partial charge in [-0.25, -0.2) is 4.79 Å². The number of hydrogen-bond donors (Lipinski definition) is 0. The van der Waals surface area contributed by atoms with E-state index in [1.807, 2.05) is 36.4 Å². The zero-order valence-corrected chi connectivity index (χ0v) is 19.0. The molecule has 0 radical (unpaired) electrons. The van der Waals surface area contributed by atoms with Crippen molar-refractivity contribution < 1.29 is 14.3 Å². The quantitative estimate of drug-likeness (QED) is 0.184. The first-order valence-electron chi connectivity index (χ1n) is 11.2. The summed E-state index contributed by atoms with van der Waals surface area (Å²) in [6, 6.07) is 26.3. The van der Waals surface area contributed by atoms with Gasteiger partial charge in [0.1, 0.15) is 5.75 Å². The van der Waals surface area contributed by atoms with Crippen molar-refractivity contribution in [3.8, 4) is 34.1 Å². The van der Waals surface area contributed by atoms with Gasteiger partial charge in [0.05, 0.1) is 24.8 Å². The zero-order valence-electron chi connectivity index (χ0n) is 19.0. The fourth-order valence-corrected chi connectivity index (χ4v) is 3.37. The summed E-state index contributed by atoms with van der Waals surface area (Å²) in [6.45, 7) is 6.34. The maximum absolute atomic E-state index is 11.3. The van der Waals surface area contributed by atoms with E-state index in [1.54, 1.807) is 6.92 Å². The summed E-state index contributed by atoms with van der Waals surface area (Å²) in [5.74, 6) is 0.548. The molecule has 3 aromatic carbocycles. The molecule has 4 heteroatoms. The monoisotopic (exact) mass is 439 g/mol. The molecule has 0 saturated heterocycles. The third-order valence-electron chi connectivity index (χ3n) is 5.31. The van der Waals surface area contributed by atoms with Gasteiger partial charge in [0, 0.05) is 5.57 Å². The normalized spacial score (nSPS) is 10.3. The second kappa shape index (κ2) is 12.3. The summed E-state index contributed by atoms with van der Waals surface area (Å²) in [4.78, 5) is 11.3. The van der Waals surface area contributed by atoms with Gasteiger partial charge < -0.3 is 9.47 Å². The van der Waals surface area contributed by atoms with Crippen molar-refractivity contribution in [1.82, 2.24) is 0 Å². The number of rotatable bonds is 11. The first kappa shape index (κ1) is 23.8. The highest BCUT2D eigenvalue weighted by molar-refractivity contribution is 5.86. The Morgan fingerprint density at radius 1 is 0.758 bits per heavy atom. The average molecular weight is 440 g/mol. The summed E-state index contributed by atoms with van der Waals surface area (Å²) >= 11 is 0. The molecule has 0 aromatic heterocycles. The van der Waals surface area contributed by atoms with Crippen LogP contribution in [0, 0.1) is 11.3 Å². The molecule has 0 unspecified atom stereocenters. The SMILES string of the molecule is C=C(C)C(=O)OCCCCCCOc1ccc(-c2ccc(-c3ccc(C#N)cc3)cc2)cc1. The van der Waals surface area contributed by atoms with E-state index >= 15 is 0 Å².